The number of halogens is 1. The van der Waals surface area contributed by atoms with Crippen LogP contribution < -0.4 is 4.74 Å². The summed E-state index contributed by atoms with van der Waals surface area (Å²) in [7, 11) is 1.58. The Morgan fingerprint density at radius 1 is 1.45 bits per heavy atom. The van der Waals surface area contributed by atoms with E-state index in [2.05, 4.69) is 31.5 Å². The Hall–Kier alpha value is -1.96. The van der Waals surface area contributed by atoms with E-state index in [-0.39, 0.29) is 12.4 Å². The summed E-state index contributed by atoms with van der Waals surface area (Å²) in [6.07, 6.45) is 0. The number of methoxy groups -OCH3 is 1. The van der Waals surface area contributed by atoms with E-state index in [1.165, 1.54) is 4.68 Å². The topological polar surface area (TPSA) is 79.1 Å². The zero-order valence-corrected chi connectivity index (χ0v) is 12.6. The maximum Gasteiger partial charge on any atom is 0.378 e. The number of rotatable bonds is 5. The van der Waals surface area contributed by atoms with E-state index in [0.29, 0.717) is 12.3 Å². The Bertz CT molecular complexity index is 614. The number of nitrogens with zero attached hydrogens (tertiary/aromatic N) is 4. The van der Waals surface area contributed by atoms with Crippen LogP contribution >= 0.6 is 15.9 Å². The maximum absolute atomic E-state index is 11.7. The lowest BCUT2D eigenvalue weighted by Crippen LogP contribution is -2.15. The van der Waals surface area contributed by atoms with Crippen molar-refractivity contribution in [2.45, 2.75) is 13.5 Å². The number of esters is 1. The molecule has 0 saturated carbocycles. The molecule has 0 aliphatic heterocycles. The average Bonchev–Trinajstić information content (AvgIpc) is 2.87. The van der Waals surface area contributed by atoms with Gasteiger partial charge in [0.2, 0.25) is 0 Å². The molecule has 2 rings (SSSR count). The van der Waals surface area contributed by atoms with Crippen LogP contribution in [0.3, 0.4) is 0 Å². The van der Waals surface area contributed by atoms with Crippen molar-refractivity contribution in [2.75, 3.05) is 13.7 Å². The van der Waals surface area contributed by atoms with Crippen molar-refractivity contribution in [1.82, 2.24) is 20.2 Å². The number of aromatic nitrogens is 4. The summed E-state index contributed by atoms with van der Waals surface area (Å²) in [6.45, 7) is 2.30. The lowest BCUT2D eigenvalue weighted by molar-refractivity contribution is 0.0505. The van der Waals surface area contributed by atoms with Crippen LogP contribution in [0.25, 0.3) is 0 Å². The van der Waals surface area contributed by atoms with Gasteiger partial charge < -0.3 is 9.47 Å². The molecule has 0 amide bonds. The van der Waals surface area contributed by atoms with E-state index in [0.717, 1.165) is 10.0 Å². The van der Waals surface area contributed by atoms with E-state index in [4.69, 9.17) is 9.47 Å². The molecule has 0 aliphatic rings. The van der Waals surface area contributed by atoms with Gasteiger partial charge in [-0.15, -0.1) is 5.10 Å². The van der Waals surface area contributed by atoms with Crippen molar-refractivity contribution in [3.8, 4) is 5.75 Å². The number of benzene rings is 1. The second-order valence-corrected chi connectivity index (χ2v) is 4.75. The van der Waals surface area contributed by atoms with Crippen LogP contribution in [-0.2, 0) is 11.3 Å². The number of carbonyl (C=O) groups is 1. The molecule has 8 heteroatoms. The van der Waals surface area contributed by atoms with E-state index < -0.39 is 5.97 Å². The molecular formula is C12H13BrN4O3. The largest absolute Gasteiger partial charge is 0.496 e. The summed E-state index contributed by atoms with van der Waals surface area (Å²) in [4.78, 5) is 11.7. The summed E-state index contributed by atoms with van der Waals surface area (Å²) >= 11 is 3.39. The number of tetrazole rings is 1. The summed E-state index contributed by atoms with van der Waals surface area (Å²) in [6, 6.07) is 5.58. The third kappa shape index (κ3) is 3.13. The standard InChI is InChI=1S/C12H13BrN4O3/c1-3-20-12(18)11-14-15-16-17(11)7-8-6-9(13)4-5-10(8)19-2/h4-6H,3,7H2,1-2H3. The molecule has 0 spiro atoms. The first-order valence-electron chi connectivity index (χ1n) is 5.91. The molecule has 0 aliphatic carbocycles. The lowest BCUT2D eigenvalue weighted by atomic mass is 10.2. The highest BCUT2D eigenvalue weighted by molar-refractivity contribution is 9.10. The summed E-state index contributed by atoms with van der Waals surface area (Å²) in [5.74, 6) is 0.207. The number of ether oxygens (including phenoxy) is 2. The molecule has 0 N–H and O–H groups in total. The first kappa shape index (κ1) is 14.4. The second-order valence-electron chi connectivity index (χ2n) is 3.84. The molecule has 20 heavy (non-hydrogen) atoms. The molecule has 106 valence electrons. The minimum Gasteiger partial charge on any atom is -0.496 e. The van der Waals surface area contributed by atoms with E-state index >= 15 is 0 Å². The first-order valence-corrected chi connectivity index (χ1v) is 6.70. The predicted octanol–water partition coefficient (Wildman–Crippen LogP) is 1.67. The number of hydrogen-bond acceptors (Lipinski definition) is 6. The van der Waals surface area contributed by atoms with Crippen LogP contribution in [0.4, 0.5) is 0 Å². The van der Waals surface area contributed by atoms with Crippen molar-refractivity contribution in [2.24, 2.45) is 0 Å². The fraction of sp³-hybridized carbons (Fsp3) is 0.333. The Labute approximate surface area is 124 Å². The van der Waals surface area contributed by atoms with Gasteiger partial charge in [-0.25, -0.2) is 9.48 Å². The fourth-order valence-electron chi connectivity index (χ4n) is 1.69. The second kappa shape index (κ2) is 6.47. The Morgan fingerprint density at radius 2 is 2.25 bits per heavy atom. The van der Waals surface area contributed by atoms with Gasteiger partial charge in [-0.1, -0.05) is 15.9 Å². The third-order valence-corrected chi connectivity index (χ3v) is 3.05. The maximum atomic E-state index is 11.7. The number of hydrogen-bond donors (Lipinski definition) is 0. The van der Waals surface area contributed by atoms with Gasteiger partial charge >= 0.3 is 5.97 Å². The van der Waals surface area contributed by atoms with Gasteiger partial charge in [0, 0.05) is 10.0 Å². The normalized spacial score (nSPS) is 10.3. The van der Waals surface area contributed by atoms with E-state index in [1.807, 2.05) is 18.2 Å². The van der Waals surface area contributed by atoms with Crippen molar-refractivity contribution in [3.63, 3.8) is 0 Å². The van der Waals surface area contributed by atoms with Gasteiger partial charge in [-0.2, -0.15) is 0 Å². The summed E-state index contributed by atoms with van der Waals surface area (Å²) in [5.41, 5.74) is 0.847. The number of carbonyl (C=O) groups excluding carboxylic acids is 1. The van der Waals surface area contributed by atoms with Crippen LogP contribution in [0, 0.1) is 0 Å². The zero-order chi connectivity index (χ0) is 14.5. The first-order chi connectivity index (χ1) is 9.65. The highest BCUT2D eigenvalue weighted by Gasteiger charge is 2.18. The third-order valence-electron chi connectivity index (χ3n) is 2.55. The molecule has 7 nitrogen and oxygen atoms in total. The minimum absolute atomic E-state index is 0.0638. The van der Waals surface area contributed by atoms with Crippen LogP contribution in [-0.4, -0.2) is 39.9 Å². The lowest BCUT2D eigenvalue weighted by Gasteiger charge is -2.09. The smallest absolute Gasteiger partial charge is 0.378 e. The molecule has 1 aromatic carbocycles. The van der Waals surface area contributed by atoms with Crippen LogP contribution in [0.5, 0.6) is 5.75 Å². The van der Waals surface area contributed by atoms with Gasteiger partial charge in [0.1, 0.15) is 5.75 Å². The highest BCUT2D eigenvalue weighted by Crippen LogP contribution is 2.23. The minimum atomic E-state index is -0.550. The Balaban J connectivity index is 2.29. The van der Waals surface area contributed by atoms with E-state index in [9.17, 15) is 4.79 Å². The Kier molecular flexibility index (Phi) is 4.67. The van der Waals surface area contributed by atoms with Crippen molar-refractivity contribution >= 4 is 21.9 Å². The van der Waals surface area contributed by atoms with E-state index in [1.54, 1.807) is 14.0 Å². The van der Waals surface area contributed by atoms with Crippen LogP contribution in [0.2, 0.25) is 0 Å². The molecule has 0 atom stereocenters. The molecule has 0 saturated heterocycles. The molecule has 1 heterocycles. The van der Waals surface area contributed by atoms with Crippen LogP contribution in [0.15, 0.2) is 22.7 Å². The molecule has 0 unspecified atom stereocenters. The van der Waals surface area contributed by atoms with Crippen molar-refractivity contribution in [1.29, 1.82) is 0 Å². The molecule has 2 aromatic rings. The van der Waals surface area contributed by atoms with Gasteiger partial charge in [0.15, 0.2) is 0 Å². The summed E-state index contributed by atoms with van der Waals surface area (Å²) in [5, 5.41) is 11.0. The summed E-state index contributed by atoms with van der Waals surface area (Å²) < 4.78 is 12.5. The zero-order valence-electron chi connectivity index (χ0n) is 11.0. The molecule has 0 radical (unpaired) electrons. The molecule has 1 aromatic heterocycles. The average molecular weight is 341 g/mol. The highest BCUT2D eigenvalue weighted by atomic mass is 79.9. The van der Waals surface area contributed by atoms with Crippen molar-refractivity contribution in [3.05, 3.63) is 34.1 Å². The van der Waals surface area contributed by atoms with Crippen LogP contribution in [0.1, 0.15) is 23.1 Å². The SMILES string of the molecule is CCOC(=O)c1nnnn1Cc1cc(Br)ccc1OC. The fourth-order valence-corrected chi connectivity index (χ4v) is 2.09. The van der Waals surface area contributed by atoms with Crippen molar-refractivity contribution < 1.29 is 14.3 Å². The Morgan fingerprint density at radius 3 is 2.95 bits per heavy atom. The van der Waals surface area contributed by atoms with Gasteiger partial charge in [-0.05, 0) is 35.5 Å². The molecule has 0 fully saturated rings. The van der Waals surface area contributed by atoms with Gasteiger partial charge in [0.05, 0.1) is 20.3 Å². The predicted molar refractivity (Wildman–Crippen MR) is 73.6 cm³/mol. The molecular weight excluding hydrogens is 328 g/mol. The van der Waals surface area contributed by atoms with Gasteiger partial charge in [0.25, 0.3) is 5.82 Å². The van der Waals surface area contributed by atoms with Gasteiger partial charge in [-0.3, -0.25) is 0 Å². The monoisotopic (exact) mass is 340 g/mol. The quantitative estimate of drug-likeness (QED) is 0.770. The molecule has 0 bridgehead atoms.